The fourth-order valence-corrected chi connectivity index (χ4v) is 2.30. The van der Waals surface area contributed by atoms with E-state index in [-0.39, 0.29) is 12.5 Å². The Bertz CT molecular complexity index is 622. The van der Waals surface area contributed by atoms with Gasteiger partial charge in [0.2, 0.25) is 11.8 Å². The number of likely N-dealkylation sites (tertiary alicyclic amines) is 1. The van der Waals surface area contributed by atoms with Crippen LogP contribution in [0.1, 0.15) is 18.7 Å². The first-order valence-electron chi connectivity index (χ1n) is 7.68. The molecule has 2 heterocycles. The van der Waals surface area contributed by atoms with Gasteiger partial charge in [-0.3, -0.25) is 14.4 Å². The summed E-state index contributed by atoms with van der Waals surface area (Å²) in [5.41, 5.74) is 0. The molecular formula is C15H21N5O4. The largest absolute Gasteiger partial charge is 0.481 e. The molecule has 130 valence electrons. The highest BCUT2D eigenvalue weighted by atomic mass is 16.5. The molecule has 1 aliphatic rings. The van der Waals surface area contributed by atoms with E-state index < -0.39 is 11.8 Å². The quantitative estimate of drug-likeness (QED) is 0.681. The van der Waals surface area contributed by atoms with E-state index in [4.69, 9.17) is 4.74 Å². The molecule has 0 radical (unpaired) electrons. The first-order chi connectivity index (χ1) is 11.5. The zero-order valence-corrected chi connectivity index (χ0v) is 13.8. The molecule has 0 spiro atoms. The van der Waals surface area contributed by atoms with E-state index in [9.17, 15) is 14.4 Å². The summed E-state index contributed by atoms with van der Waals surface area (Å²) in [5, 5.41) is 2.48. The molecule has 0 saturated carbocycles. The molecule has 0 aliphatic carbocycles. The molecule has 9 nitrogen and oxygen atoms in total. The third kappa shape index (κ3) is 4.64. The van der Waals surface area contributed by atoms with Crippen LogP contribution in [0.25, 0.3) is 0 Å². The molecule has 1 aliphatic heterocycles. The van der Waals surface area contributed by atoms with Crippen molar-refractivity contribution in [2.75, 3.05) is 33.8 Å². The predicted octanol–water partition coefficient (Wildman–Crippen LogP) is -0.818. The lowest BCUT2D eigenvalue weighted by atomic mass is 10.4. The van der Waals surface area contributed by atoms with E-state index in [1.54, 1.807) is 11.0 Å². The normalized spacial score (nSPS) is 13.8. The standard InChI is InChI=1S/C15H21N5O4/c1-19(8-9-20-7-3-4-13(20)21)15(23)14(22)17-10-11-16-6-5-12(18-11)24-2/h5-6H,3-4,7-10H2,1-2H3,(H,17,22). The molecule has 1 aromatic heterocycles. The van der Waals surface area contributed by atoms with Crippen LogP contribution in [-0.4, -0.2) is 71.3 Å². The van der Waals surface area contributed by atoms with E-state index in [2.05, 4.69) is 15.3 Å². The number of nitrogens with zero attached hydrogens (tertiary/aromatic N) is 4. The van der Waals surface area contributed by atoms with Crippen molar-refractivity contribution in [1.29, 1.82) is 0 Å². The summed E-state index contributed by atoms with van der Waals surface area (Å²) in [5.74, 6) is -0.578. The van der Waals surface area contributed by atoms with Gasteiger partial charge < -0.3 is 19.9 Å². The SMILES string of the molecule is COc1ccnc(CNC(=O)C(=O)N(C)CCN2CCCC2=O)n1. The number of nitrogens with one attached hydrogen (secondary N) is 1. The Morgan fingerprint density at radius 3 is 2.92 bits per heavy atom. The Hall–Kier alpha value is -2.71. The van der Waals surface area contributed by atoms with Crippen LogP contribution >= 0.6 is 0 Å². The minimum absolute atomic E-state index is 0.0280. The van der Waals surface area contributed by atoms with Crippen molar-refractivity contribution < 1.29 is 19.1 Å². The van der Waals surface area contributed by atoms with Crippen LogP contribution in [0.5, 0.6) is 5.88 Å². The highest BCUT2D eigenvalue weighted by Crippen LogP contribution is 2.08. The van der Waals surface area contributed by atoms with Gasteiger partial charge in [-0.05, 0) is 6.42 Å². The summed E-state index contributed by atoms with van der Waals surface area (Å²) in [7, 11) is 3.01. The van der Waals surface area contributed by atoms with Gasteiger partial charge in [-0.25, -0.2) is 4.98 Å². The van der Waals surface area contributed by atoms with Gasteiger partial charge >= 0.3 is 11.8 Å². The summed E-state index contributed by atoms with van der Waals surface area (Å²) in [6.45, 7) is 1.49. The van der Waals surface area contributed by atoms with Crippen LogP contribution in [0.15, 0.2) is 12.3 Å². The highest BCUT2D eigenvalue weighted by molar-refractivity contribution is 6.34. The van der Waals surface area contributed by atoms with Crippen LogP contribution in [-0.2, 0) is 20.9 Å². The molecule has 2 rings (SSSR count). The summed E-state index contributed by atoms with van der Waals surface area (Å²) in [6.07, 6.45) is 2.91. The van der Waals surface area contributed by atoms with E-state index in [0.717, 1.165) is 6.42 Å². The number of hydrogen-bond acceptors (Lipinski definition) is 6. The third-order valence-electron chi connectivity index (χ3n) is 3.71. The highest BCUT2D eigenvalue weighted by Gasteiger charge is 2.23. The Kier molecular flexibility index (Phi) is 6.05. The second kappa shape index (κ2) is 8.23. The van der Waals surface area contributed by atoms with Gasteiger partial charge in [-0.1, -0.05) is 0 Å². The molecule has 1 saturated heterocycles. The van der Waals surface area contributed by atoms with Gasteiger partial charge in [0.25, 0.3) is 0 Å². The Labute approximate surface area is 140 Å². The second-order valence-corrected chi connectivity index (χ2v) is 5.41. The van der Waals surface area contributed by atoms with Crippen molar-refractivity contribution in [3.05, 3.63) is 18.1 Å². The molecule has 0 aromatic carbocycles. The fraction of sp³-hybridized carbons (Fsp3) is 0.533. The zero-order chi connectivity index (χ0) is 17.5. The monoisotopic (exact) mass is 335 g/mol. The lowest BCUT2D eigenvalue weighted by Gasteiger charge is -2.21. The molecule has 1 N–H and O–H groups in total. The number of rotatable bonds is 6. The van der Waals surface area contributed by atoms with Gasteiger partial charge in [0.1, 0.15) is 0 Å². The summed E-state index contributed by atoms with van der Waals surface area (Å²) in [6, 6.07) is 1.59. The third-order valence-corrected chi connectivity index (χ3v) is 3.71. The molecule has 0 unspecified atom stereocenters. The zero-order valence-electron chi connectivity index (χ0n) is 13.8. The van der Waals surface area contributed by atoms with Gasteiger partial charge in [-0.2, -0.15) is 4.98 Å². The molecule has 1 fully saturated rings. The van der Waals surface area contributed by atoms with Crippen molar-refractivity contribution in [3.63, 3.8) is 0 Å². The van der Waals surface area contributed by atoms with Crippen molar-refractivity contribution in [3.8, 4) is 5.88 Å². The number of likely N-dealkylation sites (N-methyl/N-ethyl adjacent to an activating group) is 1. The van der Waals surface area contributed by atoms with Gasteiger partial charge in [0.05, 0.1) is 13.7 Å². The van der Waals surface area contributed by atoms with E-state index in [1.807, 2.05) is 0 Å². The smallest absolute Gasteiger partial charge is 0.311 e. The van der Waals surface area contributed by atoms with Crippen molar-refractivity contribution in [2.24, 2.45) is 0 Å². The number of carbonyl (C=O) groups excluding carboxylic acids is 3. The summed E-state index contributed by atoms with van der Waals surface area (Å²) < 4.78 is 4.97. The van der Waals surface area contributed by atoms with E-state index in [0.29, 0.717) is 37.8 Å². The molecule has 0 bridgehead atoms. The predicted molar refractivity (Wildman–Crippen MR) is 83.9 cm³/mol. The van der Waals surface area contributed by atoms with Crippen LogP contribution in [0, 0.1) is 0 Å². The number of hydrogen-bond donors (Lipinski definition) is 1. The number of ether oxygens (including phenoxy) is 1. The van der Waals surface area contributed by atoms with Crippen molar-refractivity contribution in [2.45, 2.75) is 19.4 Å². The maximum atomic E-state index is 12.0. The average Bonchev–Trinajstić information content (AvgIpc) is 3.02. The molecule has 24 heavy (non-hydrogen) atoms. The lowest BCUT2D eigenvalue weighted by molar-refractivity contribution is -0.145. The van der Waals surface area contributed by atoms with E-state index in [1.165, 1.54) is 25.3 Å². The molecular weight excluding hydrogens is 314 g/mol. The molecule has 1 aromatic rings. The summed E-state index contributed by atoms with van der Waals surface area (Å²) in [4.78, 5) is 46.5. The maximum absolute atomic E-state index is 12.0. The first-order valence-corrected chi connectivity index (χ1v) is 7.68. The Morgan fingerprint density at radius 2 is 2.25 bits per heavy atom. The van der Waals surface area contributed by atoms with Crippen molar-refractivity contribution in [1.82, 2.24) is 25.1 Å². The number of aromatic nitrogens is 2. The maximum Gasteiger partial charge on any atom is 0.311 e. The molecule has 3 amide bonds. The second-order valence-electron chi connectivity index (χ2n) is 5.41. The Balaban J connectivity index is 1.78. The van der Waals surface area contributed by atoms with Crippen LogP contribution < -0.4 is 10.1 Å². The molecule has 9 heteroatoms. The summed E-state index contributed by atoms with van der Waals surface area (Å²) >= 11 is 0. The van der Waals surface area contributed by atoms with Crippen LogP contribution in [0.3, 0.4) is 0 Å². The number of methoxy groups -OCH3 is 1. The average molecular weight is 335 g/mol. The van der Waals surface area contributed by atoms with Gasteiger partial charge in [-0.15, -0.1) is 0 Å². The van der Waals surface area contributed by atoms with Gasteiger partial charge in [0, 0.05) is 45.4 Å². The number of amides is 3. The topological polar surface area (TPSA) is 105 Å². The minimum Gasteiger partial charge on any atom is -0.481 e. The minimum atomic E-state index is -0.739. The first kappa shape index (κ1) is 17.6. The fourth-order valence-electron chi connectivity index (χ4n) is 2.30. The van der Waals surface area contributed by atoms with Gasteiger partial charge in [0.15, 0.2) is 5.82 Å². The Morgan fingerprint density at radius 1 is 1.46 bits per heavy atom. The molecule has 0 atom stereocenters. The van der Waals surface area contributed by atoms with E-state index >= 15 is 0 Å². The van der Waals surface area contributed by atoms with Crippen molar-refractivity contribution >= 4 is 17.7 Å². The van der Waals surface area contributed by atoms with Crippen LogP contribution in [0.2, 0.25) is 0 Å². The number of carbonyl (C=O) groups is 3. The lowest BCUT2D eigenvalue weighted by Crippen LogP contribution is -2.44. The van der Waals surface area contributed by atoms with Crippen LogP contribution in [0.4, 0.5) is 0 Å².